The fourth-order valence-corrected chi connectivity index (χ4v) is 10.4. The van der Waals surface area contributed by atoms with Crippen LogP contribution in [-0.4, -0.2) is 23.5 Å². The second-order valence-electron chi connectivity index (χ2n) is 15.7. The first kappa shape index (κ1) is 31.1. The fourth-order valence-electron chi connectivity index (χ4n) is 10.4. The molecule has 14 aromatic rings. The molecule has 14 rings (SSSR count). The molecule has 5 heterocycles. The van der Waals surface area contributed by atoms with Crippen LogP contribution in [0.25, 0.3) is 126 Å². The average Bonchev–Trinajstić information content (AvgIpc) is 3.92. The summed E-state index contributed by atoms with van der Waals surface area (Å²) < 4.78 is 7.28. The van der Waals surface area contributed by atoms with Gasteiger partial charge in [0.15, 0.2) is 0 Å². The Kier molecular flexibility index (Phi) is 5.96. The second-order valence-corrected chi connectivity index (χ2v) is 15.7. The first-order chi connectivity index (χ1) is 29.3. The first-order valence-electron chi connectivity index (χ1n) is 20.2. The van der Waals surface area contributed by atoms with E-state index in [-0.39, 0.29) is 0 Å². The summed E-state index contributed by atoms with van der Waals surface area (Å²) in [7, 11) is 0. The van der Waals surface area contributed by atoms with Crippen LogP contribution in [-0.2, 0) is 0 Å². The molecule has 0 atom stereocenters. The molecule has 0 saturated carbocycles. The van der Waals surface area contributed by atoms with Crippen molar-refractivity contribution in [2.75, 3.05) is 0 Å². The molecule has 0 aliphatic carbocycles. The molecule has 0 unspecified atom stereocenters. The molecule has 5 nitrogen and oxygen atoms in total. The Morgan fingerprint density at radius 2 is 0.949 bits per heavy atom. The van der Waals surface area contributed by atoms with Gasteiger partial charge < -0.3 is 8.97 Å². The zero-order valence-electron chi connectivity index (χ0n) is 31.6. The summed E-state index contributed by atoms with van der Waals surface area (Å²) in [5, 5.41) is 13.2. The number of hydrogen-bond acceptors (Lipinski definition) is 2. The number of nitrogens with zero attached hydrogens (tertiary/aromatic N) is 5. The average molecular weight is 750 g/mol. The molecule has 0 amide bonds. The molecule has 9 aromatic carbocycles. The fraction of sp³-hybridized carbons (Fsp3) is 0. The van der Waals surface area contributed by atoms with Crippen molar-refractivity contribution in [1.29, 1.82) is 0 Å². The first-order valence-corrected chi connectivity index (χ1v) is 20.2. The highest BCUT2D eigenvalue weighted by Gasteiger charge is 2.26. The lowest BCUT2D eigenvalue weighted by Gasteiger charge is -2.13. The van der Waals surface area contributed by atoms with Crippen molar-refractivity contribution in [3.63, 3.8) is 0 Å². The lowest BCUT2D eigenvalue weighted by Crippen LogP contribution is -2.04. The Morgan fingerprint density at radius 3 is 1.83 bits per heavy atom. The quantitative estimate of drug-likeness (QED) is 0.169. The number of para-hydroxylation sites is 3. The number of rotatable bonds is 3. The van der Waals surface area contributed by atoms with Crippen molar-refractivity contribution in [1.82, 2.24) is 23.5 Å². The van der Waals surface area contributed by atoms with Crippen molar-refractivity contribution in [2.24, 2.45) is 0 Å². The molecule has 272 valence electrons. The maximum absolute atomic E-state index is 5.53. The van der Waals surface area contributed by atoms with Crippen LogP contribution >= 0.6 is 0 Å². The molecule has 0 fully saturated rings. The van der Waals surface area contributed by atoms with Crippen molar-refractivity contribution < 1.29 is 0 Å². The van der Waals surface area contributed by atoms with Crippen LogP contribution in [0.1, 0.15) is 0 Å². The predicted molar refractivity (Wildman–Crippen MR) is 246 cm³/mol. The van der Waals surface area contributed by atoms with Crippen LogP contribution in [0.4, 0.5) is 0 Å². The van der Waals surface area contributed by atoms with E-state index in [0.29, 0.717) is 5.95 Å². The molecular formula is C54H31N5. The van der Waals surface area contributed by atoms with Crippen LogP contribution in [0.5, 0.6) is 0 Å². The molecule has 0 saturated heterocycles. The minimum atomic E-state index is 0.659. The largest absolute Gasteiger partial charge is 0.309 e. The minimum Gasteiger partial charge on any atom is -0.309 e. The van der Waals surface area contributed by atoms with Crippen LogP contribution in [0.2, 0.25) is 0 Å². The molecule has 0 bridgehead atoms. The number of benzene rings is 9. The predicted octanol–water partition coefficient (Wildman–Crippen LogP) is 13.8. The number of fused-ring (bicyclic) bond motifs is 12. The van der Waals surface area contributed by atoms with Gasteiger partial charge in [-0.25, -0.2) is 9.97 Å². The van der Waals surface area contributed by atoms with E-state index in [1.165, 1.54) is 70.5 Å². The van der Waals surface area contributed by atoms with E-state index in [0.717, 1.165) is 49.8 Å². The maximum Gasteiger partial charge on any atom is 0.235 e. The van der Waals surface area contributed by atoms with Gasteiger partial charge in [0.05, 0.1) is 49.8 Å². The number of hydrogen-bond donors (Lipinski definition) is 0. The summed E-state index contributed by atoms with van der Waals surface area (Å²) >= 11 is 0. The smallest absolute Gasteiger partial charge is 0.235 e. The molecular weight excluding hydrogens is 719 g/mol. The molecule has 5 aromatic heterocycles. The third-order valence-electron chi connectivity index (χ3n) is 12.7. The molecule has 0 radical (unpaired) electrons. The topological polar surface area (TPSA) is 40.0 Å². The third kappa shape index (κ3) is 3.98. The van der Waals surface area contributed by atoms with Crippen LogP contribution in [0.3, 0.4) is 0 Å². The van der Waals surface area contributed by atoms with E-state index in [9.17, 15) is 0 Å². The summed E-state index contributed by atoms with van der Waals surface area (Å²) in [6, 6.07) is 68.0. The summed E-state index contributed by atoms with van der Waals surface area (Å²) in [4.78, 5) is 10.9. The molecule has 0 N–H and O–H groups in total. The Morgan fingerprint density at radius 1 is 0.322 bits per heavy atom. The summed E-state index contributed by atoms with van der Waals surface area (Å²) in [5.41, 5.74) is 12.2. The van der Waals surface area contributed by atoms with Crippen LogP contribution in [0.15, 0.2) is 188 Å². The maximum atomic E-state index is 5.53. The highest BCUT2D eigenvalue weighted by molar-refractivity contribution is 6.34. The monoisotopic (exact) mass is 749 g/mol. The van der Waals surface area contributed by atoms with Gasteiger partial charge in [0.25, 0.3) is 0 Å². The van der Waals surface area contributed by atoms with Gasteiger partial charge in [-0.2, -0.15) is 0 Å². The molecule has 0 spiro atoms. The zero-order valence-corrected chi connectivity index (χ0v) is 31.6. The second kappa shape index (κ2) is 11.3. The normalized spacial score (nSPS) is 12.4. The summed E-state index contributed by atoms with van der Waals surface area (Å²) in [6.45, 7) is 0. The van der Waals surface area contributed by atoms with Crippen molar-refractivity contribution in [3.05, 3.63) is 188 Å². The van der Waals surface area contributed by atoms with E-state index in [4.69, 9.17) is 9.97 Å². The van der Waals surface area contributed by atoms with Crippen LogP contribution < -0.4 is 0 Å². The molecule has 5 heteroatoms. The van der Waals surface area contributed by atoms with Gasteiger partial charge in [-0.15, -0.1) is 0 Å². The van der Waals surface area contributed by atoms with Gasteiger partial charge in [0, 0.05) is 54.3 Å². The molecule has 59 heavy (non-hydrogen) atoms. The van der Waals surface area contributed by atoms with Gasteiger partial charge in [0.2, 0.25) is 5.95 Å². The highest BCUT2D eigenvalue weighted by atomic mass is 15.2. The summed E-state index contributed by atoms with van der Waals surface area (Å²) in [5.74, 6) is 0.659. The van der Waals surface area contributed by atoms with E-state index in [1.54, 1.807) is 0 Å². The van der Waals surface area contributed by atoms with E-state index >= 15 is 0 Å². The Hall–Kier alpha value is -8.02. The lowest BCUT2D eigenvalue weighted by molar-refractivity contribution is 1.01. The Balaban J connectivity index is 1.17. The van der Waals surface area contributed by atoms with Gasteiger partial charge >= 0.3 is 0 Å². The van der Waals surface area contributed by atoms with Crippen LogP contribution in [0, 0.1) is 0 Å². The van der Waals surface area contributed by atoms with E-state index in [2.05, 4.69) is 202 Å². The van der Waals surface area contributed by atoms with Crippen molar-refractivity contribution in [3.8, 4) is 22.9 Å². The minimum absolute atomic E-state index is 0.659. The zero-order chi connectivity index (χ0) is 38.3. The highest BCUT2D eigenvalue weighted by Crippen LogP contribution is 2.47. The van der Waals surface area contributed by atoms with E-state index < -0.39 is 0 Å². The van der Waals surface area contributed by atoms with Gasteiger partial charge in [-0.05, 0) is 64.7 Å². The third-order valence-corrected chi connectivity index (χ3v) is 12.7. The van der Waals surface area contributed by atoms with Gasteiger partial charge in [-0.3, -0.25) is 4.57 Å². The van der Waals surface area contributed by atoms with Crippen molar-refractivity contribution in [2.45, 2.75) is 0 Å². The van der Waals surface area contributed by atoms with Gasteiger partial charge in [-0.1, -0.05) is 140 Å². The Labute approximate surface area is 336 Å². The molecule has 0 aliphatic heterocycles. The standard InChI is InChI=1S/C54H31N5/c1-3-15-33(16-4-1)51-47-35-19-8-7-14-32(35)28-30-41(47)55-54(56-51)59-43-25-12-21-37-38-22-11-23-40-49-46(58(52(38)40)44-26-13-27-45(59)50(44)48(37)43)31-29-39-36-20-9-10-24-42(36)57(53(39)49)34-17-5-2-6-18-34/h1-31H. The summed E-state index contributed by atoms with van der Waals surface area (Å²) in [6.07, 6.45) is 0. The van der Waals surface area contributed by atoms with Gasteiger partial charge in [0.1, 0.15) is 0 Å². The number of aromatic nitrogens is 5. The van der Waals surface area contributed by atoms with E-state index in [1.807, 2.05) is 0 Å². The Bertz CT molecular complexity index is 4060. The SMILES string of the molecule is c1ccc(-c2nc(-n3c4cccc5c6cccc7c8c9c(ccc8n(c8cccc3c8c54)c67)c3ccccc3n9-c3ccccc3)nc3ccc4ccccc4c23)cc1. The molecule has 0 aliphatic rings. The van der Waals surface area contributed by atoms with Crippen molar-refractivity contribution >= 4 is 103 Å². The lowest BCUT2D eigenvalue weighted by atomic mass is 10.0.